The topological polar surface area (TPSA) is 90.4 Å². The highest BCUT2D eigenvalue weighted by atomic mass is 16.1. The minimum absolute atomic E-state index is 0.0182. The first-order chi connectivity index (χ1) is 36.0. The average Bonchev–Trinajstić information content (AvgIpc) is 4.26. The molecule has 5 aliphatic rings. The van der Waals surface area contributed by atoms with Crippen LogP contribution in [0.5, 0.6) is 0 Å². The predicted octanol–water partition coefficient (Wildman–Crippen LogP) is 15.0. The fraction of sp³-hybridized carbons (Fsp3) is 0.118. The molecule has 10 aromatic rings. The van der Waals surface area contributed by atoms with Gasteiger partial charge >= 0.3 is 0 Å². The summed E-state index contributed by atoms with van der Waals surface area (Å²) in [5, 5.41) is 8.19. The molecular formula is C68H48N4O2. The molecule has 0 unspecified atom stereocenters. The second kappa shape index (κ2) is 14.8. The number of nitrogens with one attached hydrogen (secondary N) is 2. The molecule has 0 atom stereocenters. The molecule has 0 fully saturated rings. The van der Waals surface area contributed by atoms with Crippen LogP contribution < -0.4 is 0 Å². The van der Waals surface area contributed by atoms with Crippen molar-refractivity contribution >= 4 is 77.2 Å². The number of ketones is 2. The van der Waals surface area contributed by atoms with E-state index >= 15 is 9.59 Å². The zero-order valence-corrected chi connectivity index (χ0v) is 41.9. The Morgan fingerprint density at radius 2 is 0.770 bits per heavy atom. The maximum Gasteiger partial charge on any atom is 0.186 e. The number of aliphatic imine (C=N–C) groups is 2. The molecule has 0 amide bonds. The first-order valence-corrected chi connectivity index (χ1v) is 25.6. The lowest BCUT2D eigenvalue weighted by molar-refractivity contribution is 0.0930. The lowest BCUT2D eigenvalue weighted by atomic mass is 9.62. The Kier molecular flexibility index (Phi) is 8.53. The molecule has 0 saturated carbocycles. The third kappa shape index (κ3) is 5.34. The molecule has 6 nitrogen and oxygen atoms in total. The largest absolute Gasteiger partial charge is 0.357 e. The number of rotatable bonds is 2. The smallest absolute Gasteiger partial charge is 0.186 e. The molecule has 2 aliphatic carbocycles. The zero-order chi connectivity index (χ0) is 50.1. The highest BCUT2D eigenvalue weighted by molar-refractivity contribution is 6.46. The number of nitrogens with zero attached hydrogens (tertiary/aromatic N) is 2. The molecule has 8 aromatic carbocycles. The Bertz CT molecular complexity index is 4340. The van der Waals surface area contributed by atoms with Crippen molar-refractivity contribution in [3.8, 4) is 0 Å². The van der Waals surface area contributed by atoms with E-state index in [4.69, 9.17) is 9.98 Å². The highest BCUT2D eigenvalue weighted by Crippen LogP contribution is 2.53. The van der Waals surface area contributed by atoms with E-state index < -0.39 is 10.8 Å². The number of aromatic amines is 2. The molecule has 2 aromatic heterocycles. The summed E-state index contributed by atoms with van der Waals surface area (Å²) in [6.07, 6.45) is 8.26. The number of H-pyrrole nitrogens is 2. The van der Waals surface area contributed by atoms with Gasteiger partial charge in [-0.2, -0.15) is 0 Å². The van der Waals surface area contributed by atoms with E-state index in [1.165, 1.54) is 0 Å². The van der Waals surface area contributed by atoms with Crippen LogP contribution in [0.1, 0.15) is 99.1 Å². The van der Waals surface area contributed by atoms with Gasteiger partial charge in [0, 0.05) is 55.8 Å². The van der Waals surface area contributed by atoms with Crippen molar-refractivity contribution in [3.05, 3.63) is 271 Å². The summed E-state index contributed by atoms with van der Waals surface area (Å²) in [4.78, 5) is 52.3. The summed E-state index contributed by atoms with van der Waals surface area (Å²) in [7, 11) is 0. The number of hydrogen-bond acceptors (Lipinski definition) is 4. The number of carbonyl (C=O) groups excluding carboxylic acids is 2. The van der Waals surface area contributed by atoms with Crippen LogP contribution in [-0.2, 0) is 10.8 Å². The van der Waals surface area contributed by atoms with E-state index in [1.54, 1.807) is 0 Å². The molecule has 8 bridgehead atoms. The van der Waals surface area contributed by atoms with Crippen LogP contribution in [0.2, 0.25) is 0 Å². The first kappa shape index (κ1) is 42.7. The summed E-state index contributed by atoms with van der Waals surface area (Å²) >= 11 is 0. The van der Waals surface area contributed by atoms with Gasteiger partial charge in [-0.1, -0.05) is 132 Å². The number of Topliss-reactive ketones (excluding diaryl/α,β-unsaturated/α-hetero) is 2. The summed E-state index contributed by atoms with van der Waals surface area (Å²) < 4.78 is 0. The molecule has 15 rings (SSSR count). The molecule has 0 saturated heterocycles. The van der Waals surface area contributed by atoms with Gasteiger partial charge in [-0.25, -0.2) is 0 Å². The second-order valence-electron chi connectivity index (χ2n) is 21.2. The van der Waals surface area contributed by atoms with Gasteiger partial charge in [-0.15, -0.1) is 0 Å². The minimum atomic E-state index is -1.44. The van der Waals surface area contributed by atoms with Crippen molar-refractivity contribution in [1.82, 2.24) is 9.97 Å². The molecule has 2 N–H and O–H groups in total. The molecule has 6 heteroatoms. The van der Waals surface area contributed by atoms with Crippen molar-refractivity contribution in [3.63, 3.8) is 0 Å². The summed E-state index contributed by atoms with van der Waals surface area (Å²) in [6.45, 7) is 12.9. The number of carbonyl (C=O) groups is 2. The Morgan fingerprint density at radius 1 is 0.392 bits per heavy atom. The maximum absolute atomic E-state index is 16.4. The Labute approximate surface area is 427 Å². The van der Waals surface area contributed by atoms with Crippen LogP contribution in [0, 0.1) is 41.5 Å². The van der Waals surface area contributed by atoms with Gasteiger partial charge in [0.25, 0.3) is 0 Å². The van der Waals surface area contributed by atoms with Crippen molar-refractivity contribution in [2.24, 2.45) is 9.98 Å². The SMILES string of the molecule is Cc1cc(C)c(/C2=C3\C=CC(=N3)C3(C(=O)c4cccc5ccc6cccc3c6c45)C3=N/C(=C(/c4c(C)cc(C)cc4C)c4ccc([nH]4)C4(C(=O)c5cccc6ccc7cccc4c7c56)c4ccc2[nH]4)C=C3)c(C)c1. The van der Waals surface area contributed by atoms with Crippen LogP contribution in [0.3, 0.4) is 0 Å². The summed E-state index contributed by atoms with van der Waals surface area (Å²) in [5.41, 5.74) is 16.5. The third-order valence-electron chi connectivity index (χ3n) is 16.9. The van der Waals surface area contributed by atoms with Crippen LogP contribution in [0.4, 0.5) is 0 Å². The van der Waals surface area contributed by atoms with Gasteiger partial charge in [0.1, 0.15) is 10.8 Å². The van der Waals surface area contributed by atoms with E-state index in [2.05, 4.69) is 197 Å². The first-order valence-electron chi connectivity index (χ1n) is 25.6. The lowest BCUT2D eigenvalue weighted by Crippen LogP contribution is -2.50. The van der Waals surface area contributed by atoms with E-state index in [-0.39, 0.29) is 11.6 Å². The van der Waals surface area contributed by atoms with Crippen molar-refractivity contribution in [2.45, 2.75) is 52.4 Å². The van der Waals surface area contributed by atoms with Gasteiger partial charge in [0.15, 0.2) is 11.6 Å². The number of allylic oxidation sites excluding steroid dienone is 4. The number of benzene rings is 8. The zero-order valence-electron chi connectivity index (χ0n) is 41.9. The quantitative estimate of drug-likeness (QED) is 0.169. The third-order valence-corrected chi connectivity index (χ3v) is 16.9. The van der Waals surface area contributed by atoms with E-state index in [0.717, 1.165) is 133 Å². The van der Waals surface area contributed by atoms with Gasteiger partial charge in [0.2, 0.25) is 0 Å². The van der Waals surface area contributed by atoms with Gasteiger partial charge in [0.05, 0.1) is 22.8 Å². The van der Waals surface area contributed by atoms with Gasteiger partial charge in [-0.3, -0.25) is 19.6 Å². The second-order valence-corrected chi connectivity index (χ2v) is 21.2. The fourth-order valence-corrected chi connectivity index (χ4v) is 14.2. The van der Waals surface area contributed by atoms with E-state index in [0.29, 0.717) is 33.9 Å². The molecule has 3 aliphatic heterocycles. The number of hydrogen-bond donors (Lipinski definition) is 2. The van der Waals surface area contributed by atoms with E-state index in [1.807, 2.05) is 24.3 Å². The Hall–Kier alpha value is -9.00. The van der Waals surface area contributed by atoms with Crippen molar-refractivity contribution < 1.29 is 9.59 Å². The van der Waals surface area contributed by atoms with Crippen molar-refractivity contribution in [1.29, 1.82) is 0 Å². The highest BCUT2D eigenvalue weighted by Gasteiger charge is 2.54. The molecule has 5 heterocycles. The Morgan fingerprint density at radius 3 is 1.20 bits per heavy atom. The van der Waals surface area contributed by atoms with Crippen LogP contribution >= 0.6 is 0 Å². The summed E-state index contributed by atoms with van der Waals surface area (Å²) in [6, 6.07) is 50.8. The minimum Gasteiger partial charge on any atom is -0.357 e. The average molecular weight is 953 g/mol. The number of aromatic nitrogens is 2. The fourth-order valence-electron chi connectivity index (χ4n) is 14.2. The normalized spacial score (nSPS) is 21.3. The van der Waals surface area contributed by atoms with Crippen molar-refractivity contribution in [2.75, 3.05) is 0 Å². The van der Waals surface area contributed by atoms with Crippen LogP contribution in [-0.4, -0.2) is 33.0 Å². The van der Waals surface area contributed by atoms with Gasteiger partial charge in [-0.05, 0) is 167 Å². The lowest BCUT2D eigenvalue weighted by Gasteiger charge is -2.37. The monoisotopic (exact) mass is 952 g/mol. The summed E-state index contributed by atoms with van der Waals surface area (Å²) in [5.74, 6) is -0.0832. The predicted molar refractivity (Wildman–Crippen MR) is 301 cm³/mol. The molecule has 74 heavy (non-hydrogen) atoms. The van der Waals surface area contributed by atoms with Crippen LogP contribution in [0.25, 0.3) is 54.2 Å². The number of aryl methyl sites for hydroxylation is 6. The van der Waals surface area contributed by atoms with E-state index in [9.17, 15) is 0 Å². The molecular weight excluding hydrogens is 905 g/mol. The molecule has 352 valence electrons. The Balaban J connectivity index is 1.12. The van der Waals surface area contributed by atoms with Gasteiger partial charge < -0.3 is 9.97 Å². The standard InChI is InChI=1S/C68H48N4O2/c1-35-31-37(3)57(38(4)32-35)63-49-23-27-53(69-49)67(47-17-9-13-43-21-19-41-11-7-15-45(65(67)73)59(41)61(43)47)55-29-25-51(71-55)64(58-39(5)33-36(2)34-40(58)6)52-26-30-56(72-52)68(54-28-24-50(63)70-54)48-18-10-14-44-22-20-42-12-8-16-46(66(68)74)60(42)62(44)48/h7-34,69,71H,1-6H3/b63-50+,64-52+. The molecule has 0 radical (unpaired) electrons. The van der Waals surface area contributed by atoms with Crippen LogP contribution in [0.15, 0.2) is 191 Å². The molecule has 2 spiro atoms. The maximum atomic E-state index is 16.4. The number of fused-ring (bicyclic) bond motifs is 12.